The van der Waals surface area contributed by atoms with Crippen LogP contribution in [0.3, 0.4) is 0 Å². The summed E-state index contributed by atoms with van der Waals surface area (Å²) in [5.74, 6) is 0. The van der Waals surface area contributed by atoms with Crippen LogP contribution in [0.4, 0.5) is 5.69 Å². The highest BCUT2D eigenvalue weighted by molar-refractivity contribution is 6.33. The van der Waals surface area contributed by atoms with Gasteiger partial charge in [0, 0.05) is 23.8 Å². The molecule has 0 amide bonds. The first kappa shape index (κ1) is 14.4. The summed E-state index contributed by atoms with van der Waals surface area (Å²) in [5, 5.41) is 9.75. The fourth-order valence-electron chi connectivity index (χ4n) is 2.81. The number of aldehydes is 1. The van der Waals surface area contributed by atoms with Crippen LogP contribution >= 0.6 is 11.6 Å². The number of benzene rings is 1. The Kier molecular flexibility index (Phi) is 5.23. The van der Waals surface area contributed by atoms with Gasteiger partial charge in [0.2, 0.25) is 0 Å². The lowest BCUT2D eigenvalue weighted by Crippen LogP contribution is -2.38. The van der Waals surface area contributed by atoms with Gasteiger partial charge in [-0.25, -0.2) is 0 Å². The Hall–Kier alpha value is -1.06. The summed E-state index contributed by atoms with van der Waals surface area (Å²) in [5.41, 5.74) is 1.51. The third kappa shape index (κ3) is 3.48. The standard InChI is InChI=1S/C15H20ClNO2/c16-15-10-14(7-6-12(15)11-19)17(8-9-18)13-4-2-1-3-5-13/h6-7,10-11,13,18H,1-5,8-9H2. The van der Waals surface area contributed by atoms with Crippen LogP contribution in [0.15, 0.2) is 18.2 Å². The number of halogens is 1. The fraction of sp³-hybridized carbons (Fsp3) is 0.533. The van der Waals surface area contributed by atoms with Crippen molar-refractivity contribution in [2.45, 2.75) is 38.1 Å². The highest BCUT2D eigenvalue weighted by Crippen LogP contribution is 2.29. The predicted octanol–water partition coefficient (Wildman–Crippen LogP) is 3.28. The molecule has 4 heteroatoms. The van der Waals surface area contributed by atoms with Gasteiger partial charge in [0.05, 0.1) is 11.6 Å². The minimum absolute atomic E-state index is 0.129. The van der Waals surface area contributed by atoms with Crippen LogP contribution in [0, 0.1) is 0 Å². The Labute approximate surface area is 119 Å². The van der Waals surface area contributed by atoms with Gasteiger partial charge in [0.1, 0.15) is 0 Å². The maximum absolute atomic E-state index is 10.8. The van der Waals surface area contributed by atoms with E-state index in [-0.39, 0.29) is 6.61 Å². The Morgan fingerprint density at radius 2 is 2.05 bits per heavy atom. The largest absolute Gasteiger partial charge is 0.395 e. The second-order valence-corrected chi connectivity index (χ2v) is 5.44. The fourth-order valence-corrected chi connectivity index (χ4v) is 3.03. The lowest BCUT2D eigenvalue weighted by molar-refractivity contribution is 0.112. The van der Waals surface area contributed by atoms with Crippen LogP contribution in [0.2, 0.25) is 5.02 Å². The second-order valence-electron chi connectivity index (χ2n) is 5.03. The molecule has 19 heavy (non-hydrogen) atoms. The van der Waals surface area contributed by atoms with Crippen LogP contribution < -0.4 is 4.90 Å². The molecule has 1 N–H and O–H groups in total. The van der Waals surface area contributed by atoms with Crippen molar-refractivity contribution in [2.24, 2.45) is 0 Å². The minimum atomic E-state index is 0.129. The second kappa shape index (κ2) is 6.92. The van der Waals surface area contributed by atoms with Crippen LogP contribution in [0.5, 0.6) is 0 Å². The van der Waals surface area contributed by atoms with Gasteiger partial charge in [0.25, 0.3) is 0 Å². The van der Waals surface area contributed by atoms with Gasteiger partial charge in [-0.05, 0) is 31.0 Å². The molecule has 0 spiro atoms. The molecule has 0 heterocycles. The van der Waals surface area contributed by atoms with E-state index < -0.39 is 0 Å². The molecule has 0 aromatic heterocycles. The zero-order valence-electron chi connectivity index (χ0n) is 11.0. The molecule has 1 fully saturated rings. The summed E-state index contributed by atoms with van der Waals surface area (Å²) in [4.78, 5) is 13.0. The molecule has 1 aliphatic carbocycles. The lowest BCUT2D eigenvalue weighted by atomic mass is 9.93. The van der Waals surface area contributed by atoms with Gasteiger partial charge < -0.3 is 10.0 Å². The first-order valence-electron chi connectivity index (χ1n) is 6.88. The first-order valence-corrected chi connectivity index (χ1v) is 7.26. The summed E-state index contributed by atoms with van der Waals surface area (Å²) >= 11 is 6.09. The van der Waals surface area contributed by atoms with Gasteiger partial charge in [0.15, 0.2) is 6.29 Å². The van der Waals surface area contributed by atoms with E-state index in [1.165, 1.54) is 19.3 Å². The van der Waals surface area contributed by atoms with E-state index in [1.54, 1.807) is 6.07 Å². The maximum atomic E-state index is 10.8. The topological polar surface area (TPSA) is 40.5 Å². The van der Waals surface area contributed by atoms with Crippen LogP contribution in [0.1, 0.15) is 42.5 Å². The first-order chi connectivity index (χ1) is 9.26. The summed E-state index contributed by atoms with van der Waals surface area (Å²) in [7, 11) is 0. The molecule has 0 bridgehead atoms. The average Bonchev–Trinajstić information content (AvgIpc) is 2.45. The van der Waals surface area contributed by atoms with E-state index in [0.717, 1.165) is 24.8 Å². The molecule has 1 aromatic rings. The van der Waals surface area contributed by atoms with Crippen LogP contribution in [0.25, 0.3) is 0 Å². The van der Waals surface area contributed by atoms with Crippen molar-refractivity contribution >= 4 is 23.6 Å². The number of hydrogen-bond donors (Lipinski definition) is 1. The molecule has 0 unspecified atom stereocenters. The molecular weight excluding hydrogens is 262 g/mol. The van der Waals surface area contributed by atoms with E-state index in [2.05, 4.69) is 4.90 Å². The predicted molar refractivity (Wildman–Crippen MR) is 78.1 cm³/mol. The van der Waals surface area contributed by atoms with Gasteiger partial charge in [-0.15, -0.1) is 0 Å². The summed E-state index contributed by atoms with van der Waals surface area (Å²) in [6, 6.07) is 5.96. The zero-order valence-corrected chi connectivity index (χ0v) is 11.8. The average molecular weight is 282 g/mol. The number of carbonyl (C=O) groups excluding carboxylic acids is 1. The Bertz CT molecular complexity index is 430. The van der Waals surface area contributed by atoms with E-state index >= 15 is 0 Å². The molecule has 0 saturated heterocycles. The number of rotatable bonds is 5. The molecule has 3 nitrogen and oxygen atoms in total. The molecule has 1 aromatic carbocycles. The number of nitrogens with zero attached hydrogens (tertiary/aromatic N) is 1. The van der Waals surface area contributed by atoms with Crippen molar-refractivity contribution in [1.29, 1.82) is 0 Å². The smallest absolute Gasteiger partial charge is 0.151 e. The van der Waals surface area contributed by atoms with Crippen LogP contribution in [-0.4, -0.2) is 30.6 Å². The Morgan fingerprint density at radius 3 is 2.63 bits per heavy atom. The highest BCUT2D eigenvalue weighted by atomic mass is 35.5. The summed E-state index contributed by atoms with van der Waals surface area (Å²) in [6.07, 6.45) is 6.87. The third-order valence-corrected chi connectivity index (χ3v) is 4.13. The number of hydrogen-bond acceptors (Lipinski definition) is 3. The van der Waals surface area contributed by atoms with Gasteiger partial charge in [-0.3, -0.25) is 4.79 Å². The monoisotopic (exact) mass is 281 g/mol. The van der Waals surface area contributed by atoms with E-state index in [4.69, 9.17) is 11.6 Å². The van der Waals surface area contributed by atoms with Gasteiger partial charge in [-0.1, -0.05) is 30.9 Å². The number of aliphatic hydroxyl groups excluding tert-OH is 1. The third-order valence-electron chi connectivity index (χ3n) is 3.80. The van der Waals surface area contributed by atoms with Crippen molar-refractivity contribution in [3.63, 3.8) is 0 Å². The number of aliphatic hydroxyl groups is 1. The molecule has 0 aliphatic heterocycles. The van der Waals surface area contributed by atoms with E-state index in [9.17, 15) is 9.90 Å². The minimum Gasteiger partial charge on any atom is -0.395 e. The maximum Gasteiger partial charge on any atom is 0.151 e. The lowest BCUT2D eigenvalue weighted by Gasteiger charge is -2.36. The van der Waals surface area contributed by atoms with E-state index in [0.29, 0.717) is 23.2 Å². The molecule has 2 rings (SSSR count). The van der Waals surface area contributed by atoms with Crippen LogP contribution in [-0.2, 0) is 0 Å². The molecular formula is C15H20ClNO2. The summed E-state index contributed by atoms with van der Waals surface area (Å²) < 4.78 is 0. The Morgan fingerprint density at radius 1 is 1.32 bits per heavy atom. The van der Waals surface area contributed by atoms with Crippen molar-refractivity contribution in [3.8, 4) is 0 Å². The number of anilines is 1. The molecule has 1 saturated carbocycles. The number of carbonyl (C=O) groups is 1. The molecule has 0 radical (unpaired) electrons. The molecule has 0 atom stereocenters. The van der Waals surface area contributed by atoms with Crippen molar-refractivity contribution < 1.29 is 9.90 Å². The highest BCUT2D eigenvalue weighted by Gasteiger charge is 2.21. The quantitative estimate of drug-likeness (QED) is 0.842. The van der Waals surface area contributed by atoms with Gasteiger partial charge in [-0.2, -0.15) is 0 Å². The Balaban J connectivity index is 2.22. The van der Waals surface area contributed by atoms with Gasteiger partial charge >= 0.3 is 0 Å². The van der Waals surface area contributed by atoms with Crippen molar-refractivity contribution in [2.75, 3.05) is 18.1 Å². The summed E-state index contributed by atoms with van der Waals surface area (Å²) in [6.45, 7) is 0.741. The normalized spacial score (nSPS) is 16.3. The SMILES string of the molecule is O=Cc1ccc(N(CCO)C2CCCCC2)cc1Cl. The van der Waals surface area contributed by atoms with Crippen molar-refractivity contribution in [3.05, 3.63) is 28.8 Å². The van der Waals surface area contributed by atoms with Crippen molar-refractivity contribution in [1.82, 2.24) is 0 Å². The zero-order chi connectivity index (χ0) is 13.7. The molecule has 104 valence electrons. The van der Waals surface area contributed by atoms with E-state index in [1.807, 2.05) is 12.1 Å². The molecule has 1 aliphatic rings.